The average Bonchev–Trinajstić information content (AvgIpc) is 2.46. The Morgan fingerprint density at radius 2 is 2.05 bits per heavy atom. The maximum Gasteiger partial charge on any atom is 0.327 e. The van der Waals surface area contributed by atoms with Gasteiger partial charge in [0.1, 0.15) is 6.04 Å². The van der Waals surface area contributed by atoms with Crippen molar-refractivity contribution in [3.63, 3.8) is 0 Å². The fraction of sp³-hybridized carbons (Fsp3) is 0.357. The Balaban J connectivity index is 0.000000384. The standard InChI is InChI=1S/C9H9NS.C5H9NO3S/c11-8-10-7-6-9-4-2-1-3-5-9;1-3(7)6-4(2-10)5(8)9/h1-5H,6-7H2;4,10H,2H2,1H3,(H,6,7)(H,8,9)/t;4-/m.0/s1. The fourth-order valence-corrected chi connectivity index (χ4v) is 1.64. The van der Waals surface area contributed by atoms with Gasteiger partial charge in [-0.3, -0.25) is 4.79 Å². The molecule has 0 aliphatic rings. The van der Waals surface area contributed by atoms with Crippen LogP contribution in [0, 0.1) is 0 Å². The predicted octanol–water partition coefficient (Wildman–Crippen LogP) is 1.84. The van der Waals surface area contributed by atoms with E-state index in [-0.39, 0.29) is 11.7 Å². The maximum atomic E-state index is 10.3. The first kappa shape index (κ1) is 19.3. The van der Waals surface area contributed by atoms with Crippen LogP contribution in [0.25, 0.3) is 0 Å². The number of thiol groups is 1. The highest BCUT2D eigenvalue weighted by Gasteiger charge is 2.15. The number of isothiocyanates is 1. The molecule has 2 N–H and O–H groups in total. The van der Waals surface area contributed by atoms with E-state index in [1.54, 1.807) is 0 Å². The van der Waals surface area contributed by atoms with Gasteiger partial charge in [0.05, 0.1) is 11.7 Å². The molecule has 0 bridgehead atoms. The van der Waals surface area contributed by atoms with E-state index in [9.17, 15) is 9.59 Å². The van der Waals surface area contributed by atoms with Crippen molar-refractivity contribution in [2.75, 3.05) is 12.3 Å². The van der Waals surface area contributed by atoms with Crippen LogP contribution < -0.4 is 5.32 Å². The molecule has 1 aromatic carbocycles. The number of thiocarbonyl (C=S) groups is 1. The number of carbonyl (C=O) groups excluding carboxylic acids is 1. The lowest BCUT2D eigenvalue weighted by Gasteiger charge is -2.08. The molecule has 0 saturated carbocycles. The molecule has 0 fully saturated rings. The van der Waals surface area contributed by atoms with E-state index in [0.29, 0.717) is 0 Å². The van der Waals surface area contributed by atoms with Crippen LogP contribution in [0.5, 0.6) is 0 Å². The molecular weight excluding hydrogens is 308 g/mol. The highest BCUT2D eigenvalue weighted by atomic mass is 32.1. The number of carboxylic acid groups (broad SMARTS) is 1. The molecule has 0 saturated heterocycles. The Bertz CT molecular complexity index is 488. The summed E-state index contributed by atoms with van der Waals surface area (Å²) in [5.41, 5.74) is 1.29. The van der Waals surface area contributed by atoms with Crippen molar-refractivity contribution in [3.8, 4) is 0 Å². The van der Waals surface area contributed by atoms with Gasteiger partial charge in [-0.15, -0.1) is 0 Å². The second-order valence-electron chi connectivity index (χ2n) is 3.98. The number of carbonyl (C=O) groups is 2. The van der Waals surface area contributed by atoms with Gasteiger partial charge in [-0.05, 0) is 24.2 Å². The van der Waals surface area contributed by atoms with Crippen LogP contribution in [-0.2, 0) is 16.0 Å². The largest absolute Gasteiger partial charge is 0.480 e. The number of nitrogens with one attached hydrogen (secondary N) is 1. The van der Waals surface area contributed by atoms with Crippen LogP contribution in [0.1, 0.15) is 12.5 Å². The van der Waals surface area contributed by atoms with Gasteiger partial charge in [-0.1, -0.05) is 30.3 Å². The van der Waals surface area contributed by atoms with Crippen molar-refractivity contribution in [1.29, 1.82) is 0 Å². The zero-order chi connectivity index (χ0) is 16.1. The van der Waals surface area contributed by atoms with E-state index >= 15 is 0 Å². The minimum atomic E-state index is -1.06. The number of carboxylic acids is 1. The van der Waals surface area contributed by atoms with E-state index < -0.39 is 12.0 Å². The van der Waals surface area contributed by atoms with Gasteiger partial charge < -0.3 is 10.4 Å². The van der Waals surface area contributed by atoms with Gasteiger partial charge in [0, 0.05) is 12.7 Å². The van der Waals surface area contributed by atoms with E-state index in [1.165, 1.54) is 12.5 Å². The minimum Gasteiger partial charge on any atom is -0.480 e. The second-order valence-corrected chi connectivity index (χ2v) is 4.53. The van der Waals surface area contributed by atoms with Crippen molar-refractivity contribution in [1.82, 2.24) is 5.32 Å². The van der Waals surface area contributed by atoms with Crippen molar-refractivity contribution >= 4 is 41.9 Å². The lowest BCUT2D eigenvalue weighted by Crippen LogP contribution is -2.40. The number of benzene rings is 1. The zero-order valence-electron chi connectivity index (χ0n) is 11.7. The lowest BCUT2D eigenvalue weighted by atomic mass is 10.2. The number of amides is 1. The molecule has 0 unspecified atom stereocenters. The van der Waals surface area contributed by atoms with Gasteiger partial charge in [-0.25, -0.2) is 9.79 Å². The van der Waals surface area contributed by atoms with Crippen molar-refractivity contribution in [2.45, 2.75) is 19.4 Å². The summed E-state index contributed by atoms with van der Waals surface area (Å²) in [6, 6.07) is 9.34. The van der Waals surface area contributed by atoms with Gasteiger partial charge in [-0.2, -0.15) is 12.6 Å². The van der Waals surface area contributed by atoms with Crippen molar-refractivity contribution in [2.24, 2.45) is 4.99 Å². The number of aliphatic carboxylic acids is 1. The molecule has 0 aliphatic carbocycles. The van der Waals surface area contributed by atoms with Crippen LogP contribution in [-0.4, -0.2) is 40.5 Å². The third-order valence-corrected chi connectivity index (χ3v) is 2.77. The third kappa shape index (κ3) is 10.7. The van der Waals surface area contributed by atoms with Crippen molar-refractivity contribution in [3.05, 3.63) is 35.9 Å². The average molecular weight is 326 g/mol. The van der Waals surface area contributed by atoms with E-state index in [1.807, 2.05) is 18.2 Å². The molecule has 21 heavy (non-hydrogen) atoms. The number of hydrogen-bond donors (Lipinski definition) is 3. The van der Waals surface area contributed by atoms with Gasteiger partial charge in [0.2, 0.25) is 5.91 Å². The van der Waals surface area contributed by atoms with Gasteiger partial charge in [0.25, 0.3) is 0 Å². The van der Waals surface area contributed by atoms with Crippen molar-refractivity contribution < 1.29 is 14.7 Å². The van der Waals surface area contributed by atoms with Crippen LogP contribution in [0.3, 0.4) is 0 Å². The van der Waals surface area contributed by atoms with Crippen LogP contribution in [0.4, 0.5) is 0 Å². The van der Waals surface area contributed by atoms with Gasteiger partial charge >= 0.3 is 5.97 Å². The first-order chi connectivity index (χ1) is 10.0. The van der Waals surface area contributed by atoms with E-state index in [0.717, 1.165) is 13.0 Å². The Morgan fingerprint density at radius 1 is 1.43 bits per heavy atom. The molecule has 1 aromatic rings. The molecule has 7 heteroatoms. The van der Waals surface area contributed by atoms with Crippen LogP contribution in [0.15, 0.2) is 35.3 Å². The molecule has 114 valence electrons. The topological polar surface area (TPSA) is 78.8 Å². The Hall–Kier alpha value is -1.69. The molecule has 0 radical (unpaired) electrons. The predicted molar refractivity (Wildman–Crippen MR) is 89.1 cm³/mol. The molecule has 0 heterocycles. The maximum absolute atomic E-state index is 10.3. The Morgan fingerprint density at radius 3 is 2.43 bits per heavy atom. The van der Waals surface area contributed by atoms with Gasteiger partial charge in [0.15, 0.2) is 0 Å². The third-order valence-electron chi connectivity index (χ3n) is 2.28. The summed E-state index contributed by atoms with van der Waals surface area (Å²) in [6.45, 7) is 2.01. The molecule has 0 aromatic heterocycles. The number of rotatable bonds is 6. The number of nitrogens with zero attached hydrogens (tertiary/aromatic N) is 1. The number of aliphatic imine (C=N–C) groups is 1. The monoisotopic (exact) mass is 326 g/mol. The summed E-state index contributed by atoms with van der Waals surface area (Å²) in [5.74, 6) is -1.32. The molecule has 1 rings (SSSR count). The molecule has 5 nitrogen and oxygen atoms in total. The highest BCUT2D eigenvalue weighted by molar-refractivity contribution is 7.80. The minimum absolute atomic E-state index is 0.106. The summed E-state index contributed by atoms with van der Waals surface area (Å²) < 4.78 is 0. The summed E-state index contributed by atoms with van der Waals surface area (Å²) in [6.07, 6.45) is 0.949. The Labute approximate surface area is 134 Å². The second kappa shape index (κ2) is 12.1. The normalized spacial score (nSPS) is 10.4. The molecule has 0 aliphatic heterocycles. The lowest BCUT2D eigenvalue weighted by molar-refractivity contribution is -0.140. The molecule has 1 amide bonds. The summed E-state index contributed by atoms with van der Waals surface area (Å²) in [5, 5.41) is 12.9. The summed E-state index contributed by atoms with van der Waals surface area (Å²) >= 11 is 8.18. The van der Waals surface area contributed by atoms with Crippen LogP contribution >= 0.6 is 24.8 Å². The highest BCUT2D eigenvalue weighted by Crippen LogP contribution is 1.98. The fourth-order valence-electron chi connectivity index (χ4n) is 1.31. The quantitative estimate of drug-likeness (QED) is 0.423. The summed E-state index contributed by atoms with van der Waals surface area (Å²) in [7, 11) is 0. The molecule has 1 atom stereocenters. The zero-order valence-corrected chi connectivity index (χ0v) is 13.4. The van der Waals surface area contributed by atoms with E-state index in [2.05, 4.69) is 52.4 Å². The SMILES string of the molecule is CC(=O)N[C@@H](CS)C(=O)O.S=C=NCCc1ccccc1. The van der Waals surface area contributed by atoms with Crippen LogP contribution in [0.2, 0.25) is 0 Å². The first-order valence-corrected chi connectivity index (χ1v) is 7.23. The molecule has 0 spiro atoms. The van der Waals surface area contributed by atoms with E-state index in [4.69, 9.17) is 5.11 Å². The molecular formula is C14H18N2O3S2. The smallest absolute Gasteiger partial charge is 0.327 e. The number of hydrogen-bond acceptors (Lipinski definition) is 5. The Kier molecular flexibility index (Phi) is 11.1. The first-order valence-electron chi connectivity index (χ1n) is 6.19. The summed E-state index contributed by atoms with van der Waals surface area (Å²) in [4.78, 5) is 24.3.